The van der Waals surface area contributed by atoms with Crippen molar-refractivity contribution >= 4 is 22.7 Å². The minimum Gasteiger partial charge on any atom is -0.436 e. The van der Waals surface area contributed by atoms with Gasteiger partial charge in [-0.25, -0.2) is 9.97 Å². The molecule has 0 aliphatic heterocycles. The average Bonchev–Trinajstić information content (AvgIpc) is 3.36. The summed E-state index contributed by atoms with van der Waals surface area (Å²) < 4.78 is 23.5. The fourth-order valence-corrected chi connectivity index (χ4v) is 3.07. The number of anilines is 2. The molecule has 8 nitrogen and oxygen atoms in total. The topological polar surface area (TPSA) is 82.7 Å². The zero-order valence-electron chi connectivity index (χ0n) is 15.9. The fraction of sp³-hybridized carbons (Fsp3) is 0.0476. The third-order valence-corrected chi connectivity index (χ3v) is 4.44. The van der Waals surface area contributed by atoms with E-state index in [9.17, 15) is 4.39 Å². The number of halogens is 1. The molecule has 0 aliphatic carbocycles. The zero-order valence-corrected chi connectivity index (χ0v) is 15.9. The molecular weight excluding hydrogens is 385 g/mol. The van der Waals surface area contributed by atoms with Gasteiger partial charge >= 0.3 is 0 Å². The highest BCUT2D eigenvalue weighted by Gasteiger charge is 2.12. The van der Waals surface area contributed by atoms with E-state index in [1.54, 1.807) is 36.3 Å². The predicted octanol–water partition coefficient (Wildman–Crippen LogP) is 4.22. The molecule has 0 amide bonds. The van der Waals surface area contributed by atoms with E-state index in [4.69, 9.17) is 4.74 Å². The van der Waals surface area contributed by atoms with Gasteiger partial charge in [-0.15, -0.1) is 0 Å². The van der Waals surface area contributed by atoms with Gasteiger partial charge in [0, 0.05) is 37.1 Å². The maximum Gasteiger partial charge on any atom is 0.260 e. The van der Waals surface area contributed by atoms with E-state index in [1.165, 1.54) is 0 Å². The van der Waals surface area contributed by atoms with Crippen molar-refractivity contribution < 1.29 is 9.13 Å². The van der Waals surface area contributed by atoms with Crippen LogP contribution in [-0.2, 0) is 7.05 Å². The Balaban J connectivity index is 1.42. The second-order valence-corrected chi connectivity index (χ2v) is 6.54. The number of rotatable bonds is 5. The molecule has 0 fully saturated rings. The zero-order chi connectivity index (χ0) is 20.5. The van der Waals surface area contributed by atoms with Crippen LogP contribution in [0.15, 0.2) is 73.3 Å². The van der Waals surface area contributed by atoms with E-state index in [1.807, 2.05) is 47.2 Å². The summed E-state index contributed by atoms with van der Waals surface area (Å²) in [7, 11) is 1.79. The number of ether oxygens (including phenoxy) is 1. The van der Waals surface area contributed by atoms with Crippen LogP contribution in [0, 0.1) is 5.82 Å². The quantitative estimate of drug-likeness (QED) is 0.475. The number of aromatic nitrogens is 6. The number of pyridine rings is 1. The molecule has 0 atom stereocenters. The molecule has 0 bridgehead atoms. The number of aryl methyl sites for hydroxylation is 1. The summed E-state index contributed by atoms with van der Waals surface area (Å²) in [5.74, 6) is 1.18. The molecule has 1 aromatic carbocycles. The molecule has 4 heterocycles. The van der Waals surface area contributed by atoms with Crippen molar-refractivity contribution in [3.05, 3.63) is 79.1 Å². The lowest BCUT2D eigenvalue weighted by Gasteiger charge is -2.08. The van der Waals surface area contributed by atoms with Gasteiger partial charge in [-0.1, -0.05) is 6.07 Å². The summed E-state index contributed by atoms with van der Waals surface area (Å²) >= 11 is 0. The first-order chi connectivity index (χ1) is 14.7. The number of fused-ring (bicyclic) bond motifs is 1. The van der Waals surface area contributed by atoms with Crippen molar-refractivity contribution in [2.24, 2.45) is 7.05 Å². The van der Waals surface area contributed by atoms with Crippen LogP contribution in [0.25, 0.3) is 16.7 Å². The predicted molar refractivity (Wildman–Crippen MR) is 110 cm³/mol. The van der Waals surface area contributed by atoms with Crippen LogP contribution >= 0.6 is 0 Å². The standard InChI is InChI=1S/C21H16FN7O/c1-28-10-8-18(27-28)25-21-24-13-16(22)20(26-21)30-15-5-6-17-14(12-15)7-11-29(17)19-4-2-3-9-23-19/h2-13H,1H3,(H,24,25,26,27). The molecule has 0 spiro atoms. The molecule has 148 valence electrons. The van der Waals surface area contributed by atoms with Crippen LogP contribution < -0.4 is 10.1 Å². The fourth-order valence-electron chi connectivity index (χ4n) is 3.07. The molecule has 0 radical (unpaired) electrons. The van der Waals surface area contributed by atoms with E-state index in [2.05, 4.69) is 25.4 Å². The molecule has 1 N–H and O–H groups in total. The van der Waals surface area contributed by atoms with Crippen molar-refractivity contribution in [3.63, 3.8) is 0 Å². The van der Waals surface area contributed by atoms with Crippen LogP contribution in [-0.4, -0.2) is 29.3 Å². The van der Waals surface area contributed by atoms with Crippen LogP contribution in [0.3, 0.4) is 0 Å². The first-order valence-corrected chi connectivity index (χ1v) is 9.15. The summed E-state index contributed by atoms with van der Waals surface area (Å²) in [4.78, 5) is 12.4. The Morgan fingerprint density at radius 2 is 1.97 bits per heavy atom. The SMILES string of the molecule is Cn1ccc(Nc2ncc(F)c(Oc3ccc4c(ccn4-c4ccccn4)c3)n2)n1. The van der Waals surface area contributed by atoms with Crippen molar-refractivity contribution in [1.82, 2.24) is 29.3 Å². The third kappa shape index (κ3) is 3.44. The van der Waals surface area contributed by atoms with Gasteiger partial charge in [0.05, 0.1) is 11.7 Å². The highest BCUT2D eigenvalue weighted by molar-refractivity contribution is 5.83. The van der Waals surface area contributed by atoms with Gasteiger partial charge in [-0.05, 0) is 36.4 Å². The van der Waals surface area contributed by atoms with Gasteiger partial charge in [0.1, 0.15) is 11.6 Å². The number of nitrogens with one attached hydrogen (secondary N) is 1. The molecule has 5 aromatic rings. The number of hydrogen-bond donors (Lipinski definition) is 1. The van der Waals surface area contributed by atoms with E-state index >= 15 is 0 Å². The minimum absolute atomic E-state index is 0.174. The highest BCUT2D eigenvalue weighted by atomic mass is 19.1. The lowest BCUT2D eigenvalue weighted by molar-refractivity contribution is 0.421. The largest absolute Gasteiger partial charge is 0.436 e. The summed E-state index contributed by atoms with van der Waals surface area (Å²) in [5, 5.41) is 8.04. The molecule has 4 aromatic heterocycles. The normalized spacial score (nSPS) is 11.0. The first kappa shape index (κ1) is 17.8. The summed E-state index contributed by atoms with van der Waals surface area (Å²) in [6.45, 7) is 0. The van der Waals surface area contributed by atoms with Crippen LogP contribution in [0.1, 0.15) is 0 Å². The van der Waals surface area contributed by atoms with Crippen LogP contribution in [0.2, 0.25) is 0 Å². The van der Waals surface area contributed by atoms with Crippen LogP contribution in [0.5, 0.6) is 11.6 Å². The molecule has 30 heavy (non-hydrogen) atoms. The maximum atomic E-state index is 14.2. The van der Waals surface area contributed by atoms with Gasteiger partial charge in [0.25, 0.3) is 5.88 Å². The second-order valence-electron chi connectivity index (χ2n) is 6.54. The Kier molecular flexibility index (Phi) is 4.32. The molecule has 0 unspecified atom stereocenters. The molecular formula is C21H16FN7O. The lowest BCUT2D eigenvalue weighted by Crippen LogP contribution is -2.01. The summed E-state index contributed by atoms with van der Waals surface area (Å²) in [6, 6.07) is 14.9. The molecule has 5 rings (SSSR count). The van der Waals surface area contributed by atoms with Crippen molar-refractivity contribution in [3.8, 4) is 17.4 Å². The van der Waals surface area contributed by atoms with E-state index < -0.39 is 5.82 Å². The average molecular weight is 401 g/mol. The number of nitrogens with zero attached hydrogens (tertiary/aromatic N) is 6. The Labute approximate surface area is 170 Å². The van der Waals surface area contributed by atoms with E-state index in [-0.39, 0.29) is 11.8 Å². The summed E-state index contributed by atoms with van der Waals surface area (Å²) in [5.41, 5.74) is 0.960. The van der Waals surface area contributed by atoms with Gasteiger partial charge in [-0.3, -0.25) is 4.68 Å². The van der Waals surface area contributed by atoms with Crippen LogP contribution in [0.4, 0.5) is 16.2 Å². The van der Waals surface area contributed by atoms with Gasteiger partial charge in [0.2, 0.25) is 11.8 Å². The molecule has 0 saturated carbocycles. The summed E-state index contributed by atoms with van der Waals surface area (Å²) in [6.07, 6.45) is 6.50. The Hall–Kier alpha value is -4.27. The number of hydrogen-bond acceptors (Lipinski definition) is 6. The Morgan fingerprint density at radius 3 is 2.77 bits per heavy atom. The Bertz CT molecular complexity index is 1330. The van der Waals surface area contributed by atoms with Crippen molar-refractivity contribution in [1.29, 1.82) is 0 Å². The highest BCUT2D eigenvalue weighted by Crippen LogP contribution is 2.28. The maximum absolute atomic E-state index is 14.2. The second kappa shape index (κ2) is 7.28. The molecule has 9 heteroatoms. The first-order valence-electron chi connectivity index (χ1n) is 9.15. The third-order valence-electron chi connectivity index (χ3n) is 4.44. The Morgan fingerprint density at radius 1 is 1.03 bits per heavy atom. The lowest BCUT2D eigenvalue weighted by atomic mass is 10.2. The van der Waals surface area contributed by atoms with Crippen molar-refractivity contribution in [2.45, 2.75) is 0 Å². The van der Waals surface area contributed by atoms with Gasteiger partial charge < -0.3 is 14.6 Å². The molecule has 0 aliphatic rings. The van der Waals surface area contributed by atoms with Gasteiger partial charge in [-0.2, -0.15) is 14.5 Å². The smallest absolute Gasteiger partial charge is 0.260 e. The minimum atomic E-state index is -0.660. The van der Waals surface area contributed by atoms with E-state index in [0.29, 0.717) is 11.6 Å². The van der Waals surface area contributed by atoms with Crippen molar-refractivity contribution in [2.75, 3.05) is 5.32 Å². The monoisotopic (exact) mass is 401 g/mol. The van der Waals surface area contributed by atoms with Gasteiger partial charge in [0.15, 0.2) is 5.82 Å². The van der Waals surface area contributed by atoms with E-state index in [0.717, 1.165) is 22.9 Å². The molecule has 0 saturated heterocycles. The number of benzene rings is 1.